The summed E-state index contributed by atoms with van der Waals surface area (Å²) < 4.78 is 10.7. The van der Waals surface area contributed by atoms with Crippen molar-refractivity contribution in [1.29, 1.82) is 0 Å². The Balaban J connectivity index is 1.40. The van der Waals surface area contributed by atoms with Crippen LogP contribution in [0.25, 0.3) is 10.9 Å². The molecule has 0 fully saturated rings. The first-order chi connectivity index (χ1) is 19.9. The van der Waals surface area contributed by atoms with Crippen molar-refractivity contribution in [2.75, 3.05) is 11.9 Å². The monoisotopic (exact) mass is 587 g/mol. The predicted octanol–water partition coefficient (Wildman–Crippen LogP) is 6.94. The maximum Gasteiger partial charge on any atom is 0.268 e. The Bertz CT molecular complexity index is 1490. The van der Waals surface area contributed by atoms with Crippen LogP contribution in [0.15, 0.2) is 73.3 Å². The molecule has 3 N–H and O–H groups in total. The lowest BCUT2D eigenvalue weighted by Crippen LogP contribution is -2.42. The summed E-state index contributed by atoms with van der Waals surface area (Å²) in [6.45, 7) is 12.4. The van der Waals surface area contributed by atoms with Crippen molar-refractivity contribution in [3.63, 3.8) is 0 Å². The fourth-order valence-corrected chi connectivity index (χ4v) is 5.77. The van der Waals surface area contributed by atoms with E-state index in [0.29, 0.717) is 13.0 Å². The van der Waals surface area contributed by atoms with E-state index >= 15 is 0 Å². The van der Waals surface area contributed by atoms with Gasteiger partial charge < -0.3 is 24.6 Å². The van der Waals surface area contributed by atoms with Gasteiger partial charge in [0.25, 0.3) is 5.91 Å². The molecule has 9 heteroatoms. The van der Waals surface area contributed by atoms with Crippen molar-refractivity contribution in [1.82, 2.24) is 14.1 Å². The number of fused-ring (bicyclic) bond motifs is 1. The van der Waals surface area contributed by atoms with Gasteiger partial charge in [-0.25, -0.2) is 4.98 Å². The van der Waals surface area contributed by atoms with Crippen LogP contribution in [0.4, 0.5) is 5.69 Å². The average molecular weight is 588 g/mol. The summed E-state index contributed by atoms with van der Waals surface area (Å²) in [4.78, 5) is 28.6. The van der Waals surface area contributed by atoms with Crippen molar-refractivity contribution in [2.24, 2.45) is 5.73 Å². The molecule has 0 radical (unpaired) electrons. The van der Waals surface area contributed by atoms with E-state index in [1.807, 2.05) is 28.8 Å². The minimum Gasteiger partial charge on any atom is -0.415 e. The lowest BCUT2D eigenvalue weighted by molar-refractivity contribution is -0.116. The molecule has 0 bridgehead atoms. The Morgan fingerprint density at radius 3 is 2.52 bits per heavy atom. The van der Waals surface area contributed by atoms with Gasteiger partial charge in [-0.3, -0.25) is 9.59 Å². The fraction of sp³-hybridized carbons (Fsp3) is 0.424. The normalized spacial score (nSPS) is 12.9. The van der Waals surface area contributed by atoms with Gasteiger partial charge in [0, 0.05) is 31.0 Å². The highest BCUT2D eigenvalue weighted by molar-refractivity contribution is 6.74. The number of anilines is 1. The highest BCUT2D eigenvalue weighted by atomic mass is 28.4. The first kappa shape index (κ1) is 31.2. The van der Waals surface area contributed by atoms with Gasteiger partial charge in [0.1, 0.15) is 5.69 Å². The van der Waals surface area contributed by atoms with E-state index in [1.165, 1.54) is 5.56 Å². The van der Waals surface area contributed by atoms with E-state index in [9.17, 15) is 9.59 Å². The van der Waals surface area contributed by atoms with Gasteiger partial charge in [-0.2, -0.15) is 0 Å². The number of aromatic nitrogens is 3. The second-order valence-electron chi connectivity index (χ2n) is 12.6. The van der Waals surface area contributed by atoms with Crippen LogP contribution in [-0.2, 0) is 22.2 Å². The molecule has 2 aromatic carbocycles. The van der Waals surface area contributed by atoms with Gasteiger partial charge in [-0.1, -0.05) is 57.2 Å². The second-order valence-corrected chi connectivity index (χ2v) is 17.4. The van der Waals surface area contributed by atoms with E-state index < -0.39 is 14.2 Å². The molecule has 0 spiro atoms. The molecule has 0 aliphatic rings. The van der Waals surface area contributed by atoms with Crippen LogP contribution in [0, 0.1) is 0 Å². The van der Waals surface area contributed by atoms with Crippen molar-refractivity contribution in [3.8, 4) is 0 Å². The Labute approximate surface area is 250 Å². The lowest BCUT2D eigenvalue weighted by atomic mass is 10.1. The molecule has 2 aromatic heterocycles. The topological polar surface area (TPSA) is 104 Å². The molecule has 8 nitrogen and oxygen atoms in total. The number of aryl methyl sites for hydroxylation is 2. The molecule has 224 valence electrons. The zero-order chi connectivity index (χ0) is 30.3. The summed E-state index contributed by atoms with van der Waals surface area (Å²) in [6, 6.07) is 18.5. The molecule has 2 heterocycles. The quantitative estimate of drug-likeness (QED) is 0.123. The van der Waals surface area contributed by atoms with Gasteiger partial charge in [0.05, 0.1) is 24.5 Å². The molecule has 0 aliphatic heterocycles. The Morgan fingerprint density at radius 1 is 1.07 bits per heavy atom. The smallest absolute Gasteiger partial charge is 0.268 e. The Morgan fingerprint density at radius 2 is 1.83 bits per heavy atom. The van der Waals surface area contributed by atoms with E-state index in [2.05, 4.69) is 85.3 Å². The number of unbranched alkanes of at least 4 members (excludes halogenated alkanes) is 1. The molecule has 0 saturated heterocycles. The molecular weight excluding hydrogens is 542 g/mol. The molecule has 1 unspecified atom stereocenters. The largest absolute Gasteiger partial charge is 0.415 e. The molecular formula is C33H45N5O3Si. The summed E-state index contributed by atoms with van der Waals surface area (Å²) in [5.74, 6) is -0.506. The molecule has 4 rings (SSSR count). The van der Waals surface area contributed by atoms with Gasteiger partial charge in [-0.15, -0.1) is 0 Å². The number of hydrogen-bond donors (Lipinski definition) is 2. The summed E-state index contributed by atoms with van der Waals surface area (Å²) in [7, 11) is -1.98. The number of rotatable bonds is 14. The first-order valence-electron chi connectivity index (χ1n) is 14.8. The van der Waals surface area contributed by atoms with Crippen LogP contribution in [0.5, 0.6) is 0 Å². The Hall–Kier alpha value is -3.69. The first-order valence-corrected chi connectivity index (χ1v) is 17.7. The van der Waals surface area contributed by atoms with Crippen molar-refractivity contribution in [2.45, 2.75) is 83.6 Å². The maximum absolute atomic E-state index is 12.7. The van der Waals surface area contributed by atoms with Crippen LogP contribution in [0.1, 0.15) is 68.5 Å². The number of benzene rings is 2. The van der Waals surface area contributed by atoms with Crippen LogP contribution in [0.3, 0.4) is 0 Å². The van der Waals surface area contributed by atoms with Crippen LogP contribution in [0.2, 0.25) is 18.1 Å². The summed E-state index contributed by atoms with van der Waals surface area (Å²) >= 11 is 0. The average Bonchev–Trinajstić information content (AvgIpc) is 3.59. The molecule has 42 heavy (non-hydrogen) atoms. The van der Waals surface area contributed by atoms with Gasteiger partial charge >= 0.3 is 0 Å². The number of carbonyl (C=O) groups is 2. The zero-order valence-electron chi connectivity index (χ0n) is 25.6. The number of nitrogens with one attached hydrogen (secondary N) is 1. The third-order valence-electron chi connectivity index (χ3n) is 8.44. The Kier molecular flexibility index (Phi) is 10.1. The van der Waals surface area contributed by atoms with Crippen LogP contribution in [-0.4, -0.2) is 40.9 Å². The van der Waals surface area contributed by atoms with Gasteiger partial charge in [0.15, 0.2) is 8.32 Å². The van der Waals surface area contributed by atoms with E-state index in [4.69, 9.17) is 10.2 Å². The number of nitrogens with two attached hydrogens (primary N) is 1. The van der Waals surface area contributed by atoms with Crippen LogP contribution >= 0.6 is 0 Å². The van der Waals surface area contributed by atoms with Crippen molar-refractivity contribution < 1.29 is 14.0 Å². The maximum atomic E-state index is 12.7. The number of amides is 2. The third kappa shape index (κ3) is 8.20. The van der Waals surface area contributed by atoms with Crippen molar-refractivity contribution in [3.05, 3.63) is 84.6 Å². The van der Waals surface area contributed by atoms with Crippen LogP contribution < -0.4 is 11.1 Å². The van der Waals surface area contributed by atoms with E-state index in [0.717, 1.165) is 48.8 Å². The summed E-state index contributed by atoms with van der Waals surface area (Å²) in [5, 5.41) is 4.28. The number of imidazole rings is 1. The molecule has 2 amide bonds. The standard InChI is InChI=1S/C33H45N5O3Si/c1-33(2,3)42(4,5)41-23-28(38-22-29(32(34)40)35-24-38)18-20-37-19-17-26-15-16-27(21-30(26)37)36-31(39)14-10-9-13-25-11-7-6-8-12-25/h6-8,11-12,15-17,19,21-22,24,28H,9-10,13-14,18,20,23H2,1-5H3,(H2,34,40)(H,36,39). The number of carbonyl (C=O) groups excluding carboxylic acids is 2. The SMILES string of the molecule is CC(C)(C)[Si](C)(C)OCC(CCn1ccc2ccc(NC(=O)CCCCc3ccccc3)cc21)n1cnc(C(N)=O)c1. The minimum atomic E-state index is -1.98. The predicted molar refractivity (Wildman–Crippen MR) is 172 cm³/mol. The molecule has 4 aromatic rings. The number of nitrogens with zero attached hydrogens (tertiary/aromatic N) is 3. The number of primary amides is 1. The summed E-state index contributed by atoms with van der Waals surface area (Å²) in [5.41, 5.74) is 8.89. The fourth-order valence-electron chi connectivity index (χ4n) is 4.73. The highest BCUT2D eigenvalue weighted by Crippen LogP contribution is 2.37. The zero-order valence-corrected chi connectivity index (χ0v) is 26.6. The van der Waals surface area contributed by atoms with E-state index in [-0.39, 0.29) is 22.7 Å². The van der Waals surface area contributed by atoms with Crippen molar-refractivity contribution >= 4 is 36.7 Å². The molecule has 0 saturated carbocycles. The summed E-state index contributed by atoms with van der Waals surface area (Å²) in [6.07, 6.45) is 9.54. The van der Waals surface area contributed by atoms with Gasteiger partial charge in [0.2, 0.25) is 5.91 Å². The molecule has 1 atom stereocenters. The van der Waals surface area contributed by atoms with E-state index in [1.54, 1.807) is 12.5 Å². The second kappa shape index (κ2) is 13.5. The highest BCUT2D eigenvalue weighted by Gasteiger charge is 2.37. The lowest BCUT2D eigenvalue weighted by Gasteiger charge is -2.37. The van der Waals surface area contributed by atoms with Gasteiger partial charge in [-0.05, 0) is 73.0 Å². The third-order valence-corrected chi connectivity index (χ3v) is 12.9. The minimum absolute atomic E-state index is 0.0176. The molecule has 0 aliphatic carbocycles. The number of hydrogen-bond acceptors (Lipinski definition) is 4.